The van der Waals surface area contributed by atoms with E-state index in [9.17, 15) is 4.79 Å². The smallest absolute Gasteiger partial charge is 0.265 e. The van der Waals surface area contributed by atoms with Gasteiger partial charge in [0, 0.05) is 24.7 Å². The number of hydrazine groups is 1. The third-order valence-electron chi connectivity index (χ3n) is 6.45. The van der Waals surface area contributed by atoms with Crippen LogP contribution in [0.25, 0.3) is 10.8 Å². The van der Waals surface area contributed by atoms with Crippen LogP contribution in [0.5, 0.6) is 0 Å². The van der Waals surface area contributed by atoms with E-state index in [1.165, 1.54) is 16.3 Å². The quantitative estimate of drug-likeness (QED) is 0.627. The molecule has 1 aliphatic rings. The van der Waals surface area contributed by atoms with E-state index in [-0.39, 0.29) is 18.0 Å². The number of fused-ring (bicyclic) bond motifs is 1. The van der Waals surface area contributed by atoms with Crippen LogP contribution in [0.15, 0.2) is 72.8 Å². The summed E-state index contributed by atoms with van der Waals surface area (Å²) >= 11 is 0. The van der Waals surface area contributed by atoms with Crippen molar-refractivity contribution in [3.63, 3.8) is 0 Å². The van der Waals surface area contributed by atoms with Gasteiger partial charge in [-0.05, 0) is 49.2 Å². The molecular weight excluding hydrogens is 386 g/mol. The lowest BCUT2D eigenvalue weighted by Crippen LogP contribution is -2.65. The number of hydrogen-bond acceptors (Lipinski definition) is 4. The molecule has 0 radical (unpaired) electrons. The van der Waals surface area contributed by atoms with Gasteiger partial charge in [-0.2, -0.15) is 0 Å². The first kappa shape index (κ1) is 21.5. The van der Waals surface area contributed by atoms with Gasteiger partial charge in [-0.25, -0.2) is 5.01 Å². The van der Waals surface area contributed by atoms with Crippen LogP contribution in [0.2, 0.25) is 0 Å². The molecule has 162 valence electrons. The zero-order valence-electron chi connectivity index (χ0n) is 18.5. The normalized spacial score (nSPS) is 22.9. The summed E-state index contributed by atoms with van der Waals surface area (Å²) in [6.07, 6.45) is 0. The molecule has 1 aliphatic heterocycles. The number of hydrogen-bond donors (Lipinski definition) is 2. The lowest BCUT2D eigenvalue weighted by atomic mass is 9.93. The van der Waals surface area contributed by atoms with Crippen LogP contribution in [-0.4, -0.2) is 42.3 Å². The molecule has 1 amide bonds. The van der Waals surface area contributed by atoms with Gasteiger partial charge in [0.15, 0.2) is 0 Å². The van der Waals surface area contributed by atoms with Gasteiger partial charge in [0.25, 0.3) is 5.91 Å². The molecule has 5 heteroatoms. The molecule has 0 spiro atoms. The molecule has 3 aromatic carbocycles. The van der Waals surface area contributed by atoms with Gasteiger partial charge in [-0.15, -0.1) is 0 Å². The Morgan fingerprint density at radius 2 is 1.81 bits per heavy atom. The Labute approximate surface area is 184 Å². The van der Waals surface area contributed by atoms with Gasteiger partial charge in [0.2, 0.25) is 0 Å². The number of carbonyl (C=O) groups excluding carboxylic acids is 1. The molecule has 0 bridgehead atoms. The fourth-order valence-electron chi connectivity index (χ4n) is 4.25. The number of nitrogens with one attached hydrogen (secondary N) is 2. The minimum absolute atomic E-state index is 0.0149. The molecule has 0 saturated carbocycles. The van der Waals surface area contributed by atoms with Crippen LogP contribution < -0.4 is 10.7 Å². The van der Waals surface area contributed by atoms with Crippen LogP contribution in [0.4, 0.5) is 0 Å². The molecule has 5 nitrogen and oxygen atoms in total. The Bertz CT molecular complexity index is 1030. The molecule has 3 atom stereocenters. The van der Waals surface area contributed by atoms with E-state index >= 15 is 0 Å². The zero-order chi connectivity index (χ0) is 21.8. The van der Waals surface area contributed by atoms with Crippen LogP contribution in [0.1, 0.15) is 42.7 Å². The zero-order valence-corrected chi connectivity index (χ0v) is 18.5. The lowest BCUT2D eigenvalue weighted by molar-refractivity contribution is -0.141. The van der Waals surface area contributed by atoms with Crippen molar-refractivity contribution >= 4 is 16.7 Å². The highest BCUT2D eigenvalue weighted by atomic mass is 16.5. The molecular formula is C26H31N3O2. The van der Waals surface area contributed by atoms with Gasteiger partial charge in [-0.3, -0.25) is 10.2 Å². The molecule has 31 heavy (non-hydrogen) atoms. The molecule has 1 fully saturated rings. The molecule has 0 aliphatic carbocycles. The highest BCUT2D eigenvalue weighted by Crippen LogP contribution is 2.27. The van der Waals surface area contributed by atoms with E-state index in [1.807, 2.05) is 35.3 Å². The Balaban J connectivity index is 1.43. The van der Waals surface area contributed by atoms with Crippen molar-refractivity contribution in [2.75, 3.05) is 19.7 Å². The van der Waals surface area contributed by atoms with Crippen molar-refractivity contribution in [1.29, 1.82) is 0 Å². The fourth-order valence-corrected chi connectivity index (χ4v) is 4.25. The van der Waals surface area contributed by atoms with E-state index in [0.29, 0.717) is 25.3 Å². The van der Waals surface area contributed by atoms with E-state index in [2.05, 4.69) is 74.0 Å². The van der Waals surface area contributed by atoms with Gasteiger partial charge in [-0.1, -0.05) is 60.7 Å². The monoisotopic (exact) mass is 417 g/mol. The molecule has 1 saturated heterocycles. The number of nitrogens with zero attached hydrogens (tertiary/aromatic N) is 1. The molecule has 1 heterocycles. The third kappa shape index (κ3) is 4.64. The van der Waals surface area contributed by atoms with Crippen molar-refractivity contribution in [3.8, 4) is 0 Å². The van der Waals surface area contributed by atoms with Crippen LogP contribution in [-0.2, 0) is 4.74 Å². The average Bonchev–Trinajstić information content (AvgIpc) is 2.81. The summed E-state index contributed by atoms with van der Waals surface area (Å²) in [7, 11) is 0. The van der Waals surface area contributed by atoms with Gasteiger partial charge >= 0.3 is 0 Å². The maximum atomic E-state index is 12.6. The van der Waals surface area contributed by atoms with Crippen LogP contribution in [0.3, 0.4) is 0 Å². The third-order valence-corrected chi connectivity index (χ3v) is 6.45. The fraction of sp³-hybridized carbons (Fsp3) is 0.346. The highest BCUT2D eigenvalue weighted by Gasteiger charge is 2.40. The Hall–Kier alpha value is -2.73. The minimum atomic E-state index is -0.430. The molecule has 2 N–H and O–H groups in total. The first-order valence-corrected chi connectivity index (χ1v) is 11.0. The molecule has 2 unspecified atom stereocenters. The van der Waals surface area contributed by atoms with Crippen molar-refractivity contribution in [2.45, 2.75) is 38.5 Å². The molecule has 3 aromatic rings. The summed E-state index contributed by atoms with van der Waals surface area (Å²) in [6.45, 7) is 8.31. The first-order chi connectivity index (χ1) is 15.0. The number of ether oxygens (including phenoxy) is 1. The number of benzene rings is 3. The number of morpholine rings is 1. The standard InChI is InChI=1S/C26H31N3O2/c1-19(23-15-9-13-21-10-7-8-14-24(21)23)27-18-26(3)20(2)29(16-17-31-26)28-25(30)22-11-5-4-6-12-22/h4-15,19-20,27H,16-18H2,1-3H3,(H,28,30)/t19-,20?,26?/m1/s1. The first-order valence-electron chi connectivity index (χ1n) is 11.0. The second-order valence-electron chi connectivity index (χ2n) is 8.51. The second kappa shape index (κ2) is 9.18. The largest absolute Gasteiger partial charge is 0.371 e. The van der Waals surface area contributed by atoms with Crippen LogP contribution in [0, 0.1) is 0 Å². The maximum absolute atomic E-state index is 12.6. The van der Waals surface area contributed by atoms with E-state index in [0.717, 1.165) is 0 Å². The van der Waals surface area contributed by atoms with E-state index in [1.54, 1.807) is 0 Å². The van der Waals surface area contributed by atoms with E-state index in [4.69, 9.17) is 4.74 Å². The number of amides is 1. The topological polar surface area (TPSA) is 53.6 Å². The Morgan fingerprint density at radius 1 is 1.10 bits per heavy atom. The van der Waals surface area contributed by atoms with Gasteiger partial charge in [0.05, 0.1) is 18.2 Å². The minimum Gasteiger partial charge on any atom is -0.371 e. The summed E-state index contributed by atoms with van der Waals surface area (Å²) in [5.41, 5.74) is 4.58. The highest BCUT2D eigenvalue weighted by molar-refractivity contribution is 5.93. The SMILES string of the molecule is CC1N(NC(=O)c2ccccc2)CCOC1(C)CN[C@H](C)c1cccc2ccccc12. The van der Waals surface area contributed by atoms with Gasteiger partial charge < -0.3 is 10.1 Å². The Morgan fingerprint density at radius 3 is 2.61 bits per heavy atom. The van der Waals surface area contributed by atoms with Crippen molar-refractivity contribution in [2.24, 2.45) is 0 Å². The van der Waals surface area contributed by atoms with Gasteiger partial charge in [0.1, 0.15) is 0 Å². The predicted octanol–water partition coefficient (Wildman–Crippen LogP) is 4.31. The van der Waals surface area contributed by atoms with Crippen molar-refractivity contribution < 1.29 is 9.53 Å². The molecule has 0 aromatic heterocycles. The number of rotatable bonds is 6. The van der Waals surface area contributed by atoms with Crippen molar-refractivity contribution in [3.05, 3.63) is 83.9 Å². The Kier molecular flexibility index (Phi) is 6.37. The summed E-state index contributed by atoms with van der Waals surface area (Å²) in [5, 5.41) is 8.19. The molecule has 4 rings (SSSR count). The number of carbonyl (C=O) groups is 1. The summed E-state index contributed by atoms with van der Waals surface area (Å²) in [4.78, 5) is 12.6. The predicted molar refractivity (Wildman–Crippen MR) is 125 cm³/mol. The summed E-state index contributed by atoms with van der Waals surface area (Å²) < 4.78 is 6.21. The van der Waals surface area contributed by atoms with Crippen LogP contribution >= 0.6 is 0 Å². The van der Waals surface area contributed by atoms with E-state index < -0.39 is 5.60 Å². The second-order valence-corrected chi connectivity index (χ2v) is 8.51. The summed E-state index contributed by atoms with van der Waals surface area (Å²) in [6, 6.07) is 24.4. The maximum Gasteiger partial charge on any atom is 0.265 e. The summed E-state index contributed by atoms with van der Waals surface area (Å²) in [5.74, 6) is -0.0891. The van der Waals surface area contributed by atoms with Crippen molar-refractivity contribution in [1.82, 2.24) is 15.8 Å². The average molecular weight is 418 g/mol. The lowest BCUT2D eigenvalue weighted by Gasteiger charge is -2.46.